The molecule has 0 aliphatic carbocycles. The van der Waals surface area contributed by atoms with Crippen LogP contribution in [0.4, 0.5) is 0 Å². The van der Waals surface area contributed by atoms with Gasteiger partial charge in [-0.15, -0.1) is 5.10 Å². The third-order valence-electron chi connectivity index (χ3n) is 4.20. The molecule has 1 aliphatic rings. The highest BCUT2D eigenvalue weighted by Gasteiger charge is 2.26. The third-order valence-corrected chi connectivity index (χ3v) is 4.20. The van der Waals surface area contributed by atoms with E-state index < -0.39 is 0 Å². The summed E-state index contributed by atoms with van der Waals surface area (Å²) in [5.74, 6) is 0.383. The minimum atomic E-state index is -0.0340. The normalized spacial score (nSPS) is 16.3. The lowest BCUT2D eigenvalue weighted by molar-refractivity contribution is 0.0659. The fraction of sp³-hybridized carbons (Fsp3) is 0.312. The van der Waals surface area contributed by atoms with Crippen molar-refractivity contribution < 1.29 is 9.21 Å². The summed E-state index contributed by atoms with van der Waals surface area (Å²) in [7, 11) is 0. The van der Waals surface area contributed by atoms with Gasteiger partial charge in [-0.1, -0.05) is 23.4 Å². The Labute approximate surface area is 127 Å². The Morgan fingerprint density at radius 1 is 1.23 bits per heavy atom. The molecule has 3 heterocycles. The molecule has 1 aliphatic heterocycles. The molecule has 3 aromatic rings. The van der Waals surface area contributed by atoms with Crippen molar-refractivity contribution in [2.24, 2.45) is 0 Å². The highest BCUT2D eigenvalue weighted by atomic mass is 16.3. The fourth-order valence-electron chi connectivity index (χ4n) is 2.99. The van der Waals surface area contributed by atoms with Crippen LogP contribution in [0.15, 0.2) is 47.1 Å². The molecule has 22 heavy (non-hydrogen) atoms. The van der Waals surface area contributed by atoms with Crippen molar-refractivity contribution >= 4 is 16.9 Å². The number of hydrogen-bond donors (Lipinski definition) is 0. The van der Waals surface area contributed by atoms with Gasteiger partial charge in [0.05, 0.1) is 12.2 Å². The van der Waals surface area contributed by atoms with Gasteiger partial charge in [-0.3, -0.25) is 4.79 Å². The average Bonchev–Trinajstić information content (AvgIpc) is 3.23. The number of carbonyl (C=O) groups excluding carboxylic acids is 1. The Morgan fingerprint density at radius 3 is 2.77 bits per heavy atom. The van der Waals surface area contributed by atoms with E-state index >= 15 is 0 Å². The maximum absolute atomic E-state index is 12.6. The summed E-state index contributed by atoms with van der Waals surface area (Å²) < 4.78 is 7.54. The monoisotopic (exact) mass is 296 g/mol. The number of aromatic nitrogens is 3. The maximum atomic E-state index is 12.6. The van der Waals surface area contributed by atoms with Crippen molar-refractivity contribution in [2.75, 3.05) is 13.1 Å². The summed E-state index contributed by atoms with van der Waals surface area (Å²) in [4.78, 5) is 14.4. The first-order valence-corrected chi connectivity index (χ1v) is 7.45. The molecule has 0 N–H and O–H groups in total. The number of carbonyl (C=O) groups is 1. The summed E-state index contributed by atoms with van der Waals surface area (Å²) >= 11 is 0. The minimum absolute atomic E-state index is 0.0340. The van der Waals surface area contributed by atoms with E-state index in [9.17, 15) is 4.79 Å². The molecular weight excluding hydrogens is 280 g/mol. The molecule has 1 fully saturated rings. The second-order valence-electron chi connectivity index (χ2n) is 5.55. The first-order valence-electron chi connectivity index (χ1n) is 7.45. The van der Waals surface area contributed by atoms with E-state index in [0.717, 1.165) is 23.8 Å². The molecule has 0 radical (unpaired) electrons. The van der Waals surface area contributed by atoms with Gasteiger partial charge in [-0.25, -0.2) is 4.68 Å². The SMILES string of the molecule is O=C(c1cc2ccccc2o1)N1CCC(n2ccnn2)CC1. The van der Waals surface area contributed by atoms with E-state index in [1.165, 1.54) is 0 Å². The maximum Gasteiger partial charge on any atom is 0.289 e. The summed E-state index contributed by atoms with van der Waals surface area (Å²) in [6.07, 6.45) is 5.33. The molecule has 112 valence electrons. The Bertz CT molecular complexity index is 752. The third kappa shape index (κ3) is 2.26. The van der Waals surface area contributed by atoms with Gasteiger partial charge in [0.25, 0.3) is 5.91 Å². The molecule has 1 saturated heterocycles. The number of furan rings is 1. The van der Waals surface area contributed by atoms with Crippen LogP contribution in [0.3, 0.4) is 0 Å². The van der Waals surface area contributed by atoms with Gasteiger partial charge in [0.1, 0.15) is 5.58 Å². The van der Waals surface area contributed by atoms with Crippen molar-refractivity contribution in [3.63, 3.8) is 0 Å². The van der Waals surface area contributed by atoms with Crippen molar-refractivity contribution in [3.8, 4) is 0 Å². The summed E-state index contributed by atoms with van der Waals surface area (Å²) in [5.41, 5.74) is 0.753. The highest BCUT2D eigenvalue weighted by molar-refractivity contribution is 5.96. The molecule has 1 aromatic carbocycles. The molecule has 0 atom stereocenters. The van der Waals surface area contributed by atoms with Gasteiger partial charge in [0.2, 0.25) is 0 Å². The molecule has 6 heteroatoms. The second-order valence-corrected chi connectivity index (χ2v) is 5.55. The van der Waals surface area contributed by atoms with Crippen LogP contribution in [-0.2, 0) is 0 Å². The molecule has 0 bridgehead atoms. The Morgan fingerprint density at radius 2 is 2.05 bits per heavy atom. The smallest absolute Gasteiger partial charge is 0.289 e. The first kappa shape index (κ1) is 13.1. The fourth-order valence-corrected chi connectivity index (χ4v) is 2.99. The average molecular weight is 296 g/mol. The summed E-state index contributed by atoms with van der Waals surface area (Å²) in [5, 5.41) is 8.84. The molecule has 2 aromatic heterocycles. The predicted molar refractivity (Wildman–Crippen MR) is 80.4 cm³/mol. The lowest BCUT2D eigenvalue weighted by Crippen LogP contribution is -2.39. The highest BCUT2D eigenvalue weighted by Crippen LogP contribution is 2.25. The number of rotatable bonds is 2. The van der Waals surface area contributed by atoms with Crippen LogP contribution >= 0.6 is 0 Å². The van der Waals surface area contributed by atoms with E-state index in [2.05, 4.69) is 10.3 Å². The van der Waals surface area contributed by atoms with Crippen LogP contribution in [0.5, 0.6) is 0 Å². The standard InChI is InChI=1S/C16H16N4O2/c21-16(15-11-12-3-1-2-4-14(12)22-15)19-8-5-13(6-9-19)20-10-7-17-18-20/h1-4,7,10-11,13H,5-6,8-9H2. The number of benzene rings is 1. The first-order chi connectivity index (χ1) is 10.8. The quantitative estimate of drug-likeness (QED) is 0.729. The zero-order chi connectivity index (χ0) is 14.9. The number of para-hydroxylation sites is 1. The van der Waals surface area contributed by atoms with Crippen LogP contribution in [0.2, 0.25) is 0 Å². The number of likely N-dealkylation sites (tertiary alicyclic amines) is 1. The molecule has 4 rings (SSSR count). The zero-order valence-electron chi connectivity index (χ0n) is 12.1. The summed E-state index contributed by atoms with van der Waals surface area (Å²) in [6, 6.07) is 9.82. The van der Waals surface area contributed by atoms with E-state index in [-0.39, 0.29) is 5.91 Å². The van der Waals surface area contributed by atoms with Crippen LogP contribution in [0, 0.1) is 0 Å². The second kappa shape index (κ2) is 5.29. The lowest BCUT2D eigenvalue weighted by Gasteiger charge is -2.31. The largest absolute Gasteiger partial charge is 0.451 e. The number of fused-ring (bicyclic) bond motifs is 1. The van der Waals surface area contributed by atoms with Gasteiger partial charge in [-0.2, -0.15) is 0 Å². The van der Waals surface area contributed by atoms with Crippen molar-refractivity contribution in [1.82, 2.24) is 19.9 Å². The van der Waals surface area contributed by atoms with Gasteiger partial charge >= 0.3 is 0 Å². The topological polar surface area (TPSA) is 64.2 Å². The predicted octanol–water partition coefficient (Wildman–Crippen LogP) is 2.50. The number of hydrogen-bond acceptors (Lipinski definition) is 4. The minimum Gasteiger partial charge on any atom is -0.451 e. The van der Waals surface area contributed by atoms with Crippen LogP contribution in [0.1, 0.15) is 29.4 Å². The lowest BCUT2D eigenvalue weighted by atomic mass is 10.1. The van der Waals surface area contributed by atoms with Crippen LogP contribution < -0.4 is 0 Å². The molecule has 0 saturated carbocycles. The summed E-state index contributed by atoms with van der Waals surface area (Å²) in [6.45, 7) is 1.42. The molecule has 1 amide bonds. The van der Waals surface area contributed by atoms with Gasteiger partial charge < -0.3 is 9.32 Å². The van der Waals surface area contributed by atoms with Crippen molar-refractivity contribution in [3.05, 3.63) is 48.5 Å². The Kier molecular flexibility index (Phi) is 3.14. The molecule has 0 unspecified atom stereocenters. The van der Waals surface area contributed by atoms with Gasteiger partial charge in [-0.05, 0) is 25.0 Å². The Balaban J connectivity index is 1.47. The van der Waals surface area contributed by atoms with E-state index in [0.29, 0.717) is 24.9 Å². The number of piperidine rings is 1. The number of nitrogens with zero attached hydrogens (tertiary/aromatic N) is 4. The van der Waals surface area contributed by atoms with E-state index in [1.807, 2.05) is 46.1 Å². The zero-order valence-corrected chi connectivity index (χ0v) is 12.1. The van der Waals surface area contributed by atoms with Crippen molar-refractivity contribution in [1.29, 1.82) is 0 Å². The number of amides is 1. The van der Waals surface area contributed by atoms with Crippen LogP contribution in [0.25, 0.3) is 11.0 Å². The van der Waals surface area contributed by atoms with Crippen molar-refractivity contribution in [2.45, 2.75) is 18.9 Å². The Hall–Kier alpha value is -2.63. The van der Waals surface area contributed by atoms with E-state index in [1.54, 1.807) is 6.20 Å². The van der Waals surface area contributed by atoms with Crippen LogP contribution in [-0.4, -0.2) is 38.9 Å². The molecular formula is C16H16N4O2. The van der Waals surface area contributed by atoms with Gasteiger partial charge in [0, 0.05) is 24.7 Å². The molecule has 6 nitrogen and oxygen atoms in total. The van der Waals surface area contributed by atoms with Gasteiger partial charge in [0.15, 0.2) is 5.76 Å². The van der Waals surface area contributed by atoms with E-state index in [4.69, 9.17) is 4.42 Å². The molecule has 0 spiro atoms.